The van der Waals surface area contributed by atoms with Crippen LogP contribution in [0.2, 0.25) is 0 Å². The number of nitrogens with zero attached hydrogens (tertiary/aromatic N) is 2. The van der Waals surface area contributed by atoms with Gasteiger partial charge in [-0.15, -0.1) is 0 Å². The molecule has 0 bridgehead atoms. The zero-order valence-corrected chi connectivity index (χ0v) is 10.9. The van der Waals surface area contributed by atoms with E-state index in [0.29, 0.717) is 0 Å². The average molecular weight is 240 g/mol. The lowest BCUT2D eigenvalue weighted by Gasteiger charge is -2.21. The van der Waals surface area contributed by atoms with E-state index in [9.17, 15) is 0 Å². The van der Waals surface area contributed by atoms with Crippen LogP contribution in [0, 0.1) is 0 Å². The quantitative estimate of drug-likeness (QED) is 0.768. The number of hydrogen-bond donors (Lipinski definition) is 0. The Kier molecular flexibility index (Phi) is 4.91. The minimum Gasteiger partial charge on any atom is -0.295 e. The van der Waals surface area contributed by atoms with Gasteiger partial charge in [-0.25, -0.2) is 0 Å². The molecule has 0 spiro atoms. The van der Waals surface area contributed by atoms with E-state index in [1.54, 1.807) is 0 Å². The van der Waals surface area contributed by atoms with Crippen molar-refractivity contribution in [3.05, 3.63) is 66.0 Å². The van der Waals surface area contributed by atoms with Gasteiger partial charge in [-0.3, -0.25) is 9.88 Å². The molecular weight excluding hydrogens is 220 g/mol. The first kappa shape index (κ1) is 12.8. The Morgan fingerprint density at radius 3 is 2.33 bits per heavy atom. The maximum atomic E-state index is 4.18. The number of rotatable bonds is 6. The Balaban J connectivity index is 2.00. The fourth-order valence-electron chi connectivity index (χ4n) is 2.12. The zero-order valence-electron chi connectivity index (χ0n) is 10.9. The van der Waals surface area contributed by atoms with Crippen LogP contribution in [-0.4, -0.2) is 16.4 Å². The molecule has 0 aliphatic carbocycles. The van der Waals surface area contributed by atoms with Crippen molar-refractivity contribution in [2.45, 2.75) is 26.4 Å². The lowest BCUT2D eigenvalue weighted by Crippen LogP contribution is -2.23. The highest BCUT2D eigenvalue weighted by molar-refractivity contribution is 5.15. The van der Waals surface area contributed by atoms with Crippen molar-refractivity contribution in [1.29, 1.82) is 0 Å². The first-order valence-corrected chi connectivity index (χ1v) is 6.53. The minimum atomic E-state index is 0.969. The lowest BCUT2D eigenvalue weighted by molar-refractivity contribution is 0.257. The first-order valence-electron chi connectivity index (χ1n) is 6.53. The van der Waals surface area contributed by atoms with Crippen LogP contribution in [0.25, 0.3) is 0 Å². The molecule has 2 aromatic rings. The van der Waals surface area contributed by atoms with E-state index in [-0.39, 0.29) is 0 Å². The van der Waals surface area contributed by atoms with Crippen LogP contribution in [0.4, 0.5) is 0 Å². The topological polar surface area (TPSA) is 16.1 Å². The molecule has 0 saturated heterocycles. The van der Waals surface area contributed by atoms with Gasteiger partial charge >= 0.3 is 0 Å². The Bertz CT molecular complexity index is 398. The standard InChI is InChI=1S/C16H20N2/c1-2-11-18(13-15-7-4-3-5-8-15)14-16-9-6-10-17-12-16/h3-10,12H,2,11,13-14H2,1H3. The van der Waals surface area contributed by atoms with Crippen LogP contribution < -0.4 is 0 Å². The van der Waals surface area contributed by atoms with Crippen molar-refractivity contribution in [3.8, 4) is 0 Å². The predicted octanol–water partition coefficient (Wildman–Crippen LogP) is 3.49. The van der Waals surface area contributed by atoms with Crippen molar-refractivity contribution in [1.82, 2.24) is 9.88 Å². The second kappa shape index (κ2) is 6.92. The molecule has 2 nitrogen and oxygen atoms in total. The smallest absolute Gasteiger partial charge is 0.0312 e. The third kappa shape index (κ3) is 3.97. The molecular formula is C16H20N2. The van der Waals surface area contributed by atoms with Gasteiger partial charge in [0.2, 0.25) is 0 Å². The summed E-state index contributed by atoms with van der Waals surface area (Å²) in [6, 6.07) is 14.8. The zero-order chi connectivity index (χ0) is 12.6. The molecule has 1 aromatic carbocycles. The van der Waals surface area contributed by atoms with Crippen molar-refractivity contribution >= 4 is 0 Å². The summed E-state index contributed by atoms with van der Waals surface area (Å²) < 4.78 is 0. The van der Waals surface area contributed by atoms with Crippen molar-refractivity contribution in [2.75, 3.05) is 6.54 Å². The van der Waals surface area contributed by atoms with Gasteiger partial charge in [-0.1, -0.05) is 43.3 Å². The van der Waals surface area contributed by atoms with E-state index >= 15 is 0 Å². The van der Waals surface area contributed by atoms with Gasteiger partial charge in [-0.2, -0.15) is 0 Å². The normalized spacial score (nSPS) is 10.8. The van der Waals surface area contributed by atoms with Crippen LogP contribution in [0.1, 0.15) is 24.5 Å². The maximum Gasteiger partial charge on any atom is 0.0312 e. The summed E-state index contributed by atoms with van der Waals surface area (Å²) in [7, 11) is 0. The largest absolute Gasteiger partial charge is 0.295 e. The van der Waals surface area contributed by atoms with Gasteiger partial charge < -0.3 is 0 Å². The monoisotopic (exact) mass is 240 g/mol. The lowest BCUT2D eigenvalue weighted by atomic mass is 10.2. The Morgan fingerprint density at radius 2 is 1.67 bits per heavy atom. The molecule has 0 unspecified atom stereocenters. The predicted molar refractivity (Wildman–Crippen MR) is 75.1 cm³/mol. The second-order valence-corrected chi connectivity index (χ2v) is 4.56. The maximum absolute atomic E-state index is 4.18. The fourth-order valence-corrected chi connectivity index (χ4v) is 2.12. The Labute approximate surface area is 109 Å². The molecule has 0 atom stereocenters. The summed E-state index contributed by atoms with van der Waals surface area (Å²) >= 11 is 0. The highest BCUT2D eigenvalue weighted by atomic mass is 15.1. The van der Waals surface area contributed by atoms with E-state index in [1.807, 2.05) is 18.5 Å². The summed E-state index contributed by atoms with van der Waals surface area (Å²) in [5.41, 5.74) is 2.65. The van der Waals surface area contributed by atoms with Crippen LogP contribution in [0.5, 0.6) is 0 Å². The number of hydrogen-bond acceptors (Lipinski definition) is 2. The highest BCUT2D eigenvalue weighted by Crippen LogP contribution is 2.09. The molecule has 1 heterocycles. The van der Waals surface area contributed by atoms with E-state index < -0.39 is 0 Å². The molecule has 94 valence electrons. The summed E-state index contributed by atoms with van der Waals surface area (Å²) in [5.74, 6) is 0. The van der Waals surface area contributed by atoms with Gasteiger partial charge in [0.05, 0.1) is 0 Å². The highest BCUT2D eigenvalue weighted by Gasteiger charge is 2.05. The van der Waals surface area contributed by atoms with Crippen LogP contribution >= 0.6 is 0 Å². The third-order valence-corrected chi connectivity index (χ3v) is 2.92. The SMILES string of the molecule is CCCN(Cc1ccccc1)Cc1cccnc1. The molecule has 0 fully saturated rings. The molecule has 0 N–H and O–H groups in total. The molecule has 0 aliphatic heterocycles. The van der Waals surface area contributed by atoms with Crippen LogP contribution in [-0.2, 0) is 13.1 Å². The van der Waals surface area contributed by atoms with Crippen molar-refractivity contribution < 1.29 is 0 Å². The molecule has 2 heteroatoms. The molecule has 0 saturated carbocycles. The van der Waals surface area contributed by atoms with Gasteiger partial charge in [0.1, 0.15) is 0 Å². The molecule has 0 amide bonds. The van der Waals surface area contributed by atoms with Crippen LogP contribution in [0.15, 0.2) is 54.9 Å². The molecule has 18 heavy (non-hydrogen) atoms. The molecule has 1 aromatic heterocycles. The fraction of sp³-hybridized carbons (Fsp3) is 0.312. The van der Waals surface area contributed by atoms with E-state index in [4.69, 9.17) is 0 Å². The van der Waals surface area contributed by atoms with Gasteiger partial charge in [-0.05, 0) is 30.2 Å². The van der Waals surface area contributed by atoms with E-state index in [0.717, 1.165) is 19.6 Å². The Morgan fingerprint density at radius 1 is 0.944 bits per heavy atom. The van der Waals surface area contributed by atoms with Gasteiger partial charge in [0.15, 0.2) is 0 Å². The summed E-state index contributed by atoms with van der Waals surface area (Å²) in [6.45, 7) is 5.31. The third-order valence-electron chi connectivity index (χ3n) is 2.92. The van der Waals surface area contributed by atoms with Crippen molar-refractivity contribution in [3.63, 3.8) is 0 Å². The number of aromatic nitrogens is 1. The Hall–Kier alpha value is -1.67. The molecule has 0 aliphatic rings. The van der Waals surface area contributed by atoms with Crippen molar-refractivity contribution in [2.24, 2.45) is 0 Å². The first-order chi connectivity index (χ1) is 8.88. The molecule has 2 rings (SSSR count). The average Bonchev–Trinajstić information content (AvgIpc) is 2.41. The van der Waals surface area contributed by atoms with Crippen LogP contribution in [0.3, 0.4) is 0 Å². The van der Waals surface area contributed by atoms with E-state index in [2.05, 4.69) is 53.2 Å². The summed E-state index contributed by atoms with van der Waals surface area (Å²) in [5, 5.41) is 0. The number of pyridine rings is 1. The molecule has 0 radical (unpaired) electrons. The van der Waals surface area contributed by atoms with Gasteiger partial charge in [0, 0.05) is 25.5 Å². The number of benzene rings is 1. The van der Waals surface area contributed by atoms with E-state index in [1.165, 1.54) is 17.5 Å². The van der Waals surface area contributed by atoms with Gasteiger partial charge in [0.25, 0.3) is 0 Å². The summed E-state index contributed by atoms with van der Waals surface area (Å²) in [4.78, 5) is 6.64. The summed E-state index contributed by atoms with van der Waals surface area (Å²) in [6.07, 6.45) is 4.95. The second-order valence-electron chi connectivity index (χ2n) is 4.56. The minimum absolute atomic E-state index is 0.969.